The summed E-state index contributed by atoms with van der Waals surface area (Å²) in [6.45, 7) is 4.25. The zero-order valence-corrected chi connectivity index (χ0v) is 10.1. The Morgan fingerprint density at radius 1 is 1.15 bits per heavy atom. The predicted molar refractivity (Wildman–Crippen MR) is 57.8 cm³/mol. The quantitative estimate of drug-likeness (QED) is 0.500. The lowest BCUT2D eigenvalue weighted by atomic mass is 10.6. The van der Waals surface area contributed by atoms with Gasteiger partial charge in [0.15, 0.2) is 0 Å². The number of nitrogens with zero attached hydrogens (tertiary/aromatic N) is 3. The number of rotatable bonds is 5. The Labute approximate surface area is 81.3 Å². The molecule has 0 aromatic rings. The molecule has 0 bridgehead atoms. The van der Waals surface area contributed by atoms with Crippen molar-refractivity contribution in [3.63, 3.8) is 0 Å². The minimum absolute atomic E-state index is 0.619. The Balaban J connectivity index is 4.79. The van der Waals surface area contributed by atoms with Crippen molar-refractivity contribution in [1.29, 1.82) is 0 Å². The number of hydrogen-bond donors (Lipinski definition) is 0. The smallest absolute Gasteiger partial charge is 0.270 e. The molecule has 0 saturated carbocycles. The molecule has 0 aromatic heterocycles. The SMILES string of the molecule is C=CCN(C)P(=O)(N(C)C)N(C)C. The van der Waals surface area contributed by atoms with Gasteiger partial charge in [0.1, 0.15) is 0 Å². The standard InChI is InChI=1S/C8H20N3OP/c1-7-8-11(6)13(12,9(2)3)10(4)5/h7H,1,8H2,2-6H3. The molecule has 5 heteroatoms. The van der Waals surface area contributed by atoms with Crippen molar-refractivity contribution in [2.45, 2.75) is 0 Å². The maximum atomic E-state index is 12.4. The molecule has 0 aromatic carbocycles. The summed E-state index contributed by atoms with van der Waals surface area (Å²) < 4.78 is 17.7. The van der Waals surface area contributed by atoms with E-state index in [1.54, 1.807) is 20.1 Å². The van der Waals surface area contributed by atoms with Crippen molar-refractivity contribution in [1.82, 2.24) is 14.0 Å². The molecule has 0 heterocycles. The van der Waals surface area contributed by atoms with Gasteiger partial charge in [-0.05, 0) is 35.2 Å². The van der Waals surface area contributed by atoms with E-state index in [-0.39, 0.29) is 0 Å². The van der Waals surface area contributed by atoms with Gasteiger partial charge in [-0.3, -0.25) is 4.57 Å². The van der Waals surface area contributed by atoms with Crippen LogP contribution in [0.25, 0.3) is 0 Å². The minimum atomic E-state index is -2.54. The van der Waals surface area contributed by atoms with Crippen LogP contribution < -0.4 is 0 Å². The average Bonchev–Trinajstić information content (AvgIpc) is 2.02. The highest BCUT2D eigenvalue weighted by Crippen LogP contribution is 2.51. The molecule has 0 spiro atoms. The van der Waals surface area contributed by atoms with Crippen LogP contribution >= 0.6 is 7.59 Å². The molecule has 0 amide bonds. The summed E-state index contributed by atoms with van der Waals surface area (Å²) >= 11 is 0. The molecule has 0 aliphatic rings. The monoisotopic (exact) mass is 205 g/mol. The Morgan fingerprint density at radius 2 is 1.54 bits per heavy atom. The largest absolute Gasteiger partial charge is 0.285 e. The van der Waals surface area contributed by atoms with Gasteiger partial charge < -0.3 is 0 Å². The third kappa shape index (κ3) is 2.64. The molecule has 0 atom stereocenters. The van der Waals surface area contributed by atoms with E-state index in [4.69, 9.17) is 0 Å². The summed E-state index contributed by atoms with van der Waals surface area (Å²) in [5.74, 6) is 0. The van der Waals surface area contributed by atoms with E-state index in [9.17, 15) is 4.57 Å². The van der Waals surface area contributed by atoms with Gasteiger partial charge in [0.05, 0.1) is 0 Å². The molecule has 0 unspecified atom stereocenters. The maximum absolute atomic E-state index is 12.4. The van der Waals surface area contributed by atoms with Gasteiger partial charge in [0, 0.05) is 6.54 Å². The van der Waals surface area contributed by atoms with Crippen LogP contribution in [0.3, 0.4) is 0 Å². The summed E-state index contributed by atoms with van der Waals surface area (Å²) in [7, 11) is 6.57. The molecular formula is C8H20N3OP. The van der Waals surface area contributed by atoms with E-state index in [0.717, 1.165) is 0 Å². The molecule has 0 rings (SSSR count). The van der Waals surface area contributed by atoms with E-state index in [2.05, 4.69) is 6.58 Å². The van der Waals surface area contributed by atoms with Crippen molar-refractivity contribution in [3.8, 4) is 0 Å². The molecule has 13 heavy (non-hydrogen) atoms. The molecule has 0 aliphatic heterocycles. The second-order valence-corrected chi connectivity index (χ2v) is 6.65. The van der Waals surface area contributed by atoms with E-state index in [0.29, 0.717) is 6.54 Å². The molecule has 0 aliphatic carbocycles. The zero-order chi connectivity index (χ0) is 10.6. The van der Waals surface area contributed by atoms with Crippen LogP contribution in [0.5, 0.6) is 0 Å². The minimum Gasteiger partial charge on any atom is -0.270 e. The van der Waals surface area contributed by atoms with Gasteiger partial charge in [-0.25, -0.2) is 14.0 Å². The first-order chi connectivity index (χ1) is 5.87. The van der Waals surface area contributed by atoms with E-state index >= 15 is 0 Å². The first kappa shape index (κ1) is 12.8. The number of likely N-dealkylation sites (N-methyl/N-ethyl adjacent to an activating group) is 1. The van der Waals surface area contributed by atoms with Crippen LogP contribution in [-0.4, -0.2) is 55.8 Å². The van der Waals surface area contributed by atoms with Crippen LogP contribution in [0.2, 0.25) is 0 Å². The van der Waals surface area contributed by atoms with Gasteiger partial charge in [0.2, 0.25) is 0 Å². The van der Waals surface area contributed by atoms with Gasteiger partial charge in [-0.2, -0.15) is 0 Å². The van der Waals surface area contributed by atoms with Gasteiger partial charge in [-0.1, -0.05) is 6.08 Å². The van der Waals surface area contributed by atoms with Crippen molar-refractivity contribution in [3.05, 3.63) is 12.7 Å². The first-order valence-corrected chi connectivity index (χ1v) is 5.72. The van der Waals surface area contributed by atoms with Crippen molar-refractivity contribution in [2.24, 2.45) is 0 Å². The summed E-state index contributed by atoms with van der Waals surface area (Å²) in [5, 5.41) is 0. The fraction of sp³-hybridized carbons (Fsp3) is 0.750. The van der Waals surface area contributed by atoms with Crippen LogP contribution in [-0.2, 0) is 4.57 Å². The third-order valence-corrected chi connectivity index (χ3v) is 5.02. The Morgan fingerprint density at radius 3 is 1.77 bits per heavy atom. The lowest BCUT2D eigenvalue weighted by Crippen LogP contribution is -2.32. The Hall–Kier alpha value is -0.150. The second kappa shape index (κ2) is 4.91. The van der Waals surface area contributed by atoms with Crippen LogP contribution in [0.4, 0.5) is 0 Å². The maximum Gasteiger partial charge on any atom is 0.285 e. The zero-order valence-electron chi connectivity index (χ0n) is 9.19. The summed E-state index contributed by atoms with van der Waals surface area (Å²) in [6.07, 6.45) is 1.75. The molecule has 0 fully saturated rings. The highest BCUT2D eigenvalue weighted by Gasteiger charge is 2.32. The molecule has 78 valence electrons. The Bertz CT molecular complexity index is 203. The topological polar surface area (TPSA) is 26.8 Å². The van der Waals surface area contributed by atoms with E-state index < -0.39 is 7.59 Å². The third-order valence-electron chi connectivity index (χ3n) is 1.88. The van der Waals surface area contributed by atoms with Crippen LogP contribution in [0, 0.1) is 0 Å². The van der Waals surface area contributed by atoms with Crippen molar-refractivity contribution < 1.29 is 4.57 Å². The first-order valence-electron chi connectivity index (χ1n) is 4.15. The van der Waals surface area contributed by atoms with Crippen molar-refractivity contribution in [2.75, 3.05) is 41.8 Å². The molecule has 0 radical (unpaired) electrons. The van der Waals surface area contributed by atoms with Crippen LogP contribution in [0.15, 0.2) is 12.7 Å². The highest BCUT2D eigenvalue weighted by atomic mass is 31.2. The molecule has 0 N–H and O–H groups in total. The summed E-state index contributed by atoms with van der Waals surface area (Å²) in [6, 6.07) is 0. The fourth-order valence-electron chi connectivity index (χ4n) is 1.26. The van der Waals surface area contributed by atoms with Crippen LogP contribution in [0.1, 0.15) is 0 Å². The fourth-order valence-corrected chi connectivity index (χ4v) is 3.53. The average molecular weight is 205 g/mol. The van der Waals surface area contributed by atoms with Gasteiger partial charge >= 0.3 is 0 Å². The number of hydrogen-bond acceptors (Lipinski definition) is 1. The van der Waals surface area contributed by atoms with Gasteiger partial charge in [-0.15, -0.1) is 6.58 Å². The lowest BCUT2D eigenvalue weighted by molar-refractivity contribution is 0.372. The van der Waals surface area contributed by atoms with Crippen molar-refractivity contribution >= 4 is 7.59 Å². The lowest BCUT2D eigenvalue weighted by Gasteiger charge is -2.36. The summed E-state index contributed by atoms with van der Waals surface area (Å²) in [5.41, 5.74) is 0. The predicted octanol–water partition coefficient (Wildman–Crippen LogP) is 1.34. The molecule has 4 nitrogen and oxygen atoms in total. The van der Waals surface area contributed by atoms with E-state index in [1.165, 1.54) is 0 Å². The normalized spacial score (nSPS) is 12.9. The second-order valence-electron chi connectivity index (χ2n) is 3.34. The van der Waals surface area contributed by atoms with Gasteiger partial charge in [0.25, 0.3) is 7.59 Å². The summed E-state index contributed by atoms with van der Waals surface area (Å²) in [4.78, 5) is 0. The molecular weight excluding hydrogens is 185 g/mol. The van der Waals surface area contributed by atoms with E-state index in [1.807, 2.05) is 35.2 Å². The highest BCUT2D eigenvalue weighted by molar-refractivity contribution is 7.56. The molecule has 0 saturated heterocycles. The Kier molecular flexibility index (Phi) is 4.86.